The number of piperazine rings is 1. The van der Waals surface area contributed by atoms with E-state index < -0.39 is 0 Å². The lowest BCUT2D eigenvalue weighted by Gasteiger charge is -2.33. The molecule has 5 rings (SSSR count). The highest BCUT2D eigenvalue weighted by molar-refractivity contribution is 7.21. The topological polar surface area (TPSA) is 104 Å². The van der Waals surface area contributed by atoms with E-state index in [0.717, 1.165) is 71.2 Å². The molecule has 1 saturated carbocycles. The van der Waals surface area contributed by atoms with Crippen LogP contribution in [0.5, 0.6) is 0 Å². The zero-order valence-electron chi connectivity index (χ0n) is 21.9. The van der Waals surface area contributed by atoms with Crippen LogP contribution in [0.15, 0.2) is 24.5 Å². The highest BCUT2D eigenvalue weighted by Crippen LogP contribution is 2.43. The second-order valence-corrected chi connectivity index (χ2v) is 10.6. The molecule has 198 valence electrons. The summed E-state index contributed by atoms with van der Waals surface area (Å²) < 4.78 is 4.83. The molecule has 1 N–H and O–H groups in total. The summed E-state index contributed by atoms with van der Waals surface area (Å²) in [5, 5.41) is 3.26. The second-order valence-electron chi connectivity index (χ2n) is 9.58. The van der Waals surface area contributed by atoms with Crippen LogP contribution in [0.4, 0.5) is 17.5 Å². The molecule has 0 bridgehead atoms. The van der Waals surface area contributed by atoms with Crippen molar-refractivity contribution in [3.63, 3.8) is 0 Å². The van der Waals surface area contributed by atoms with Crippen LogP contribution in [0, 0.1) is 0 Å². The van der Waals surface area contributed by atoms with Crippen LogP contribution in [0.25, 0.3) is 10.2 Å². The molecule has 1 amide bonds. The van der Waals surface area contributed by atoms with Crippen molar-refractivity contribution in [2.24, 2.45) is 0 Å². The van der Waals surface area contributed by atoms with Crippen LogP contribution in [0.1, 0.15) is 46.8 Å². The van der Waals surface area contributed by atoms with Crippen molar-refractivity contribution in [3.8, 4) is 0 Å². The van der Waals surface area contributed by atoms with Crippen LogP contribution in [0.2, 0.25) is 0 Å². The number of fused-ring (bicyclic) bond motifs is 1. The molecule has 0 atom stereocenters. The summed E-state index contributed by atoms with van der Waals surface area (Å²) in [6.45, 7) is 4.54. The number of carbonyl (C=O) groups is 2. The lowest BCUT2D eigenvalue weighted by molar-refractivity contribution is -0.126. The quantitative estimate of drug-likeness (QED) is 0.482. The molecule has 0 aromatic carbocycles. The van der Waals surface area contributed by atoms with E-state index >= 15 is 0 Å². The van der Waals surface area contributed by atoms with Crippen molar-refractivity contribution in [1.29, 1.82) is 0 Å². The fraction of sp³-hybridized carbons (Fsp3) is 0.500. The molecule has 2 fully saturated rings. The van der Waals surface area contributed by atoms with Gasteiger partial charge in [-0.1, -0.05) is 12.8 Å². The first kappa shape index (κ1) is 26.7. The molecule has 10 nitrogen and oxygen atoms in total. The molecule has 1 aliphatic heterocycles. The van der Waals surface area contributed by atoms with Gasteiger partial charge in [0.2, 0.25) is 5.95 Å². The molecule has 2 aliphatic rings. The van der Waals surface area contributed by atoms with Crippen molar-refractivity contribution in [3.05, 3.63) is 35.0 Å². The maximum Gasteiger partial charge on any atom is 0.292 e. The smallest absolute Gasteiger partial charge is 0.292 e. The molecular weight excluding hydrogens is 490 g/mol. The Morgan fingerprint density at radius 1 is 1.14 bits per heavy atom. The van der Waals surface area contributed by atoms with Gasteiger partial charge >= 0.3 is 0 Å². The lowest BCUT2D eigenvalue weighted by Crippen LogP contribution is -2.44. The van der Waals surface area contributed by atoms with Crippen molar-refractivity contribution < 1.29 is 14.3 Å². The van der Waals surface area contributed by atoms with Crippen molar-refractivity contribution >= 4 is 51.4 Å². The summed E-state index contributed by atoms with van der Waals surface area (Å²) in [6, 6.07) is 4.08. The van der Waals surface area contributed by atoms with Gasteiger partial charge in [0.05, 0.1) is 40.3 Å². The van der Waals surface area contributed by atoms with Crippen molar-refractivity contribution in [2.45, 2.75) is 31.6 Å². The molecule has 0 unspecified atom stereocenters. The maximum atomic E-state index is 12.9. The van der Waals surface area contributed by atoms with Gasteiger partial charge in [0, 0.05) is 45.8 Å². The van der Waals surface area contributed by atoms with Crippen molar-refractivity contribution in [1.82, 2.24) is 24.8 Å². The zero-order valence-corrected chi connectivity index (χ0v) is 22.8. The first-order valence-corrected chi connectivity index (χ1v) is 13.4. The molecule has 3 aromatic heterocycles. The number of methoxy groups -OCH3 is 1. The van der Waals surface area contributed by atoms with Gasteiger partial charge in [0.1, 0.15) is 5.82 Å². The van der Waals surface area contributed by atoms with E-state index in [1.54, 1.807) is 19.0 Å². The number of carbonyl (C=O) groups excluding carboxylic acids is 2. The number of hydrogen-bond acceptors (Lipinski definition) is 10. The average Bonchev–Trinajstić information content (AvgIpc) is 3.57. The summed E-state index contributed by atoms with van der Waals surface area (Å²) >= 11 is 1.51. The van der Waals surface area contributed by atoms with Gasteiger partial charge in [-0.15, -0.1) is 11.3 Å². The molecule has 1 saturated heterocycles. The Balaban J connectivity index is 0.000000747. The number of amides is 1. The first-order valence-electron chi connectivity index (χ1n) is 12.5. The Morgan fingerprint density at radius 3 is 2.43 bits per heavy atom. The van der Waals surface area contributed by atoms with E-state index in [0.29, 0.717) is 18.3 Å². The van der Waals surface area contributed by atoms with E-state index in [1.165, 1.54) is 31.3 Å². The monoisotopic (exact) mass is 525 g/mol. The number of thiophene rings is 1. The Hall–Kier alpha value is -3.31. The minimum atomic E-state index is 0.0515. The largest absolute Gasteiger partial charge is 0.471 e. The lowest BCUT2D eigenvalue weighted by atomic mass is 9.96. The normalized spacial score (nSPS) is 16.3. The van der Waals surface area contributed by atoms with Crippen LogP contribution < -0.4 is 10.2 Å². The Morgan fingerprint density at radius 2 is 1.84 bits per heavy atom. The zero-order chi connectivity index (χ0) is 26.4. The predicted octanol–water partition coefficient (Wildman–Crippen LogP) is 3.73. The van der Waals surface area contributed by atoms with Crippen LogP contribution >= 0.6 is 11.3 Å². The highest BCUT2D eigenvalue weighted by atomic mass is 32.1. The van der Waals surface area contributed by atoms with Gasteiger partial charge in [-0.3, -0.25) is 9.59 Å². The SMILES string of the molecule is CN1CCN(c2ccc(Nc3ncc4sc(C(=O)N(C)C)c(C5CCCC5)c4n3)nc2)CC1.COC=O. The molecule has 11 heteroatoms. The Kier molecular flexibility index (Phi) is 8.88. The van der Waals surface area contributed by atoms with E-state index in [9.17, 15) is 4.79 Å². The van der Waals surface area contributed by atoms with Gasteiger partial charge in [0.25, 0.3) is 12.4 Å². The summed E-state index contributed by atoms with van der Waals surface area (Å²) in [5.74, 6) is 1.68. The number of ether oxygens (including phenoxy) is 1. The Labute approximate surface area is 221 Å². The van der Waals surface area contributed by atoms with E-state index in [-0.39, 0.29) is 5.91 Å². The molecule has 0 radical (unpaired) electrons. The summed E-state index contributed by atoms with van der Waals surface area (Å²) in [4.78, 5) is 43.0. The number of pyridine rings is 1. The third-order valence-corrected chi connectivity index (χ3v) is 7.90. The first-order chi connectivity index (χ1) is 17.9. The van der Waals surface area contributed by atoms with Crippen molar-refractivity contribution in [2.75, 3.05) is 64.6 Å². The molecule has 1 aliphatic carbocycles. The number of likely N-dealkylation sites (N-methyl/N-ethyl adjacent to an activating group) is 1. The standard InChI is InChI=1S/C24H31N7OS.C2H4O2/c1-29(2)23(32)22-20(16-6-4-5-7-16)21-18(33-22)15-26-24(28-21)27-19-9-8-17(14-25-19)31-12-10-30(3)11-13-31;1-4-2-3/h8-9,14-16H,4-7,10-13H2,1-3H3,(H,25,26,27,28);2H,1H3. The van der Waals surface area contributed by atoms with Gasteiger partial charge < -0.3 is 24.8 Å². The fourth-order valence-corrected chi connectivity index (χ4v) is 5.97. The van der Waals surface area contributed by atoms with Gasteiger partial charge in [-0.25, -0.2) is 15.0 Å². The molecule has 3 aromatic rings. The molecule has 0 spiro atoms. The molecule has 37 heavy (non-hydrogen) atoms. The average molecular weight is 526 g/mol. The van der Waals surface area contributed by atoms with Gasteiger partial charge in [0.15, 0.2) is 0 Å². The van der Waals surface area contributed by atoms with E-state index in [4.69, 9.17) is 9.78 Å². The number of nitrogens with zero attached hydrogens (tertiary/aromatic N) is 6. The van der Waals surface area contributed by atoms with E-state index in [2.05, 4.69) is 42.9 Å². The number of anilines is 3. The van der Waals surface area contributed by atoms with Crippen LogP contribution in [-0.4, -0.2) is 91.6 Å². The van der Waals surface area contributed by atoms with Gasteiger partial charge in [-0.05, 0) is 37.9 Å². The minimum absolute atomic E-state index is 0.0515. The summed E-state index contributed by atoms with van der Waals surface area (Å²) in [6.07, 6.45) is 8.38. The maximum absolute atomic E-state index is 12.9. The number of aromatic nitrogens is 3. The molecular formula is C26H35N7O3S. The summed E-state index contributed by atoms with van der Waals surface area (Å²) in [7, 11) is 7.08. The third-order valence-electron chi connectivity index (χ3n) is 6.78. The van der Waals surface area contributed by atoms with Gasteiger partial charge in [-0.2, -0.15) is 0 Å². The number of nitrogens with one attached hydrogen (secondary N) is 1. The number of hydrogen-bond donors (Lipinski definition) is 1. The predicted molar refractivity (Wildman–Crippen MR) is 147 cm³/mol. The minimum Gasteiger partial charge on any atom is -0.471 e. The fourth-order valence-electron chi connectivity index (χ4n) is 4.75. The Bertz CT molecular complexity index is 1200. The molecule has 4 heterocycles. The second kappa shape index (κ2) is 12.3. The van der Waals surface area contributed by atoms with Crippen LogP contribution in [0.3, 0.4) is 0 Å². The van der Waals surface area contributed by atoms with Crippen LogP contribution in [-0.2, 0) is 9.53 Å². The third kappa shape index (κ3) is 6.34. The van der Waals surface area contributed by atoms with E-state index in [1.807, 2.05) is 18.5 Å². The summed E-state index contributed by atoms with van der Waals surface area (Å²) in [5.41, 5.74) is 3.15. The highest BCUT2D eigenvalue weighted by Gasteiger charge is 2.29. The number of rotatable bonds is 6.